The number of hydrogen-bond acceptors (Lipinski definition) is 3. The minimum Gasteiger partial charge on any atom is -0.481 e. The first-order valence-corrected chi connectivity index (χ1v) is 7.33. The molecule has 2 unspecified atom stereocenters. The van der Waals surface area contributed by atoms with Gasteiger partial charge in [-0.1, -0.05) is 12.1 Å². The Hall–Kier alpha value is -1.07. The van der Waals surface area contributed by atoms with E-state index in [1.54, 1.807) is 0 Å². The summed E-state index contributed by atoms with van der Waals surface area (Å²) in [5, 5.41) is 12.3. The van der Waals surface area contributed by atoms with E-state index in [1.807, 2.05) is 18.2 Å². The lowest BCUT2D eigenvalue weighted by Crippen LogP contribution is -2.55. The predicted octanol–water partition coefficient (Wildman–Crippen LogP) is 2.48. The number of piperazine rings is 1. The Morgan fingerprint density at radius 1 is 1.47 bits per heavy atom. The molecule has 1 fully saturated rings. The molecule has 0 amide bonds. The van der Waals surface area contributed by atoms with E-state index in [-0.39, 0.29) is 12.5 Å². The molecule has 1 heterocycles. The summed E-state index contributed by atoms with van der Waals surface area (Å²) in [5.74, 6) is -0.729. The highest BCUT2D eigenvalue weighted by molar-refractivity contribution is 9.10. The molecule has 1 saturated heterocycles. The number of para-hydroxylation sites is 1. The summed E-state index contributed by atoms with van der Waals surface area (Å²) in [4.78, 5) is 13.0. The number of halogens is 1. The van der Waals surface area contributed by atoms with Gasteiger partial charge in [0.1, 0.15) is 0 Å². The maximum Gasteiger partial charge on any atom is 0.303 e. The monoisotopic (exact) mass is 326 g/mol. The Morgan fingerprint density at radius 3 is 2.89 bits per heavy atom. The van der Waals surface area contributed by atoms with Crippen LogP contribution in [0.5, 0.6) is 0 Å². The van der Waals surface area contributed by atoms with Crippen LogP contribution in [0.2, 0.25) is 0 Å². The van der Waals surface area contributed by atoms with Crippen LogP contribution in [0.3, 0.4) is 0 Å². The zero-order valence-corrected chi connectivity index (χ0v) is 12.6. The number of anilines is 1. The van der Waals surface area contributed by atoms with E-state index < -0.39 is 5.97 Å². The second-order valence-electron chi connectivity index (χ2n) is 5.05. The highest BCUT2D eigenvalue weighted by Gasteiger charge is 2.25. The highest BCUT2D eigenvalue weighted by atomic mass is 79.9. The molecule has 2 rings (SSSR count). The van der Waals surface area contributed by atoms with Gasteiger partial charge >= 0.3 is 5.97 Å². The third-order valence-electron chi connectivity index (χ3n) is 3.36. The number of carbonyl (C=O) groups is 1. The van der Waals surface area contributed by atoms with Crippen LogP contribution in [0, 0.1) is 0 Å². The number of rotatable bonds is 4. The molecule has 2 atom stereocenters. The Morgan fingerprint density at radius 2 is 2.21 bits per heavy atom. The number of carboxylic acid groups (broad SMARTS) is 1. The minimum absolute atomic E-state index is 0.216. The van der Waals surface area contributed by atoms with Gasteiger partial charge in [-0.3, -0.25) is 4.79 Å². The molecule has 0 radical (unpaired) electrons. The second kappa shape index (κ2) is 6.39. The number of hydrogen-bond donors (Lipinski definition) is 2. The number of carboxylic acids is 1. The molecule has 0 aromatic heterocycles. The van der Waals surface area contributed by atoms with E-state index in [9.17, 15) is 4.79 Å². The van der Waals surface area contributed by atoms with Crippen LogP contribution in [0.15, 0.2) is 28.7 Å². The fourth-order valence-corrected chi connectivity index (χ4v) is 3.09. The van der Waals surface area contributed by atoms with Crippen molar-refractivity contribution < 1.29 is 9.90 Å². The van der Waals surface area contributed by atoms with Crippen molar-refractivity contribution in [3.05, 3.63) is 28.7 Å². The summed E-state index contributed by atoms with van der Waals surface area (Å²) < 4.78 is 1.08. The number of nitrogens with zero attached hydrogens (tertiary/aromatic N) is 1. The summed E-state index contributed by atoms with van der Waals surface area (Å²) in [6.07, 6.45) is 0.884. The van der Waals surface area contributed by atoms with Crippen molar-refractivity contribution >= 4 is 27.6 Å². The molecule has 4 nitrogen and oxygen atoms in total. The number of aliphatic carboxylic acids is 1. The van der Waals surface area contributed by atoms with Crippen LogP contribution in [0.4, 0.5) is 5.69 Å². The summed E-state index contributed by atoms with van der Waals surface area (Å²) >= 11 is 3.58. The molecule has 1 aromatic carbocycles. The highest BCUT2D eigenvalue weighted by Crippen LogP contribution is 2.27. The van der Waals surface area contributed by atoms with Crippen molar-refractivity contribution in [2.24, 2.45) is 0 Å². The van der Waals surface area contributed by atoms with E-state index in [2.05, 4.69) is 39.1 Å². The SMILES string of the molecule is CC1CN(c2ccccc2Br)CC(CCC(=O)O)N1. The van der Waals surface area contributed by atoms with Gasteiger partial charge < -0.3 is 15.3 Å². The molecule has 0 spiro atoms. The largest absolute Gasteiger partial charge is 0.481 e. The van der Waals surface area contributed by atoms with E-state index >= 15 is 0 Å². The van der Waals surface area contributed by atoms with Gasteiger partial charge in [0.05, 0.1) is 5.69 Å². The van der Waals surface area contributed by atoms with Gasteiger partial charge in [-0.2, -0.15) is 0 Å². The first kappa shape index (κ1) is 14.3. The Kier molecular flexibility index (Phi) is 4.82. The summed E-state index contributed by atoms with van der Waals surface area (Å²) in [5.41, 5.74) is 1.18. The van der Waals surface area contributed by atoms with Crippen molar-refractivity contribution in [3.8, 4) is 0 Å². The first-order valence-electron chi connectivity index (χ1n) is 6.53. The van der Waals surface area contributed by atoms with Gasteiger partial charge in [-0.15, -0.1) is 0 Å². The normalized spacial score (nSPS) is 23.4. The molecule has 1 aliphatic rings. The van der Waals surface area contributed by atoms with Crippen molar-refractivity contribution in [2.75, 3.05) is 18.0 Å². The topological polar surface area (TPSA) is 52.6 Å². The van der Waals surface area contributed by atoms with Crippen LogP contribution in [0.1, 0.15) is 19.8 Å². The van der Waals surface area contributed by atoms with Crippen LogP contribution < -0.4 is 10.2 Å². The maximum absolute atomic E-state index is 10.7. The minimum atomic E-state index is -0.729. The third kappa shape index (κ3) is 3.94. The molecule has 0 saturated carbocycles. The Labute approximate surface area is 121 Å². The molecule has 19 heavy (non-hydrogen) atoms. The standard InChI is InChI=1S/C14H19BrN2O2/c1-10-8-17(13-5-3-2-4-12(13)15)9-11(16-10)6-7-14(18)19/h2-5,10-11,16H,6-9H2,1H3,(H,18,19). The van der Waals surface area contributed by atoms with Crippen LogP contribution in [-0.2, 0) is 4.79 Å². The first-order chi connectivity index (χ1) is 9.06. The Bertz CT molecular complexity index is 453. The second-order valence-corrected chi connectivity index (χ2v) is 5.91. The summed E-state index contributed by atoms with van der Waals surface area (Å²) in [7, 11) is 0. The van der Waals surface area contributed by atoms with Gasteiger partial charge in [0.15, 0.2) is 0 Å². The van der Waals surface area contributed by atoms with Gasteiger partial charge in [-0.05, 0) is 41.4 Å². The zero-order valence-electron chi connectivity index (χ0n) is 11.0. The molecular formula is C14H19BrN2O2. The molecule has 0 aliphatic carbocycles. The number of benzene rings is 1. The fourth-order valence-electron chi connectivity index (χ4n) is 2.56. The van der Waals surface area contributed by atoms with E-state index in [0.29, 0.717) is 12.5 Å². The lowest BCUT2D eigenvalue weighted by Gasteiger charge is -2.39. The van der Waals surface area contributed by atoms with Crippen molar-refractivity contribution in [2.45, 2.75) is 31.8 Å². The fraction of sp³-hybridized carbons (Fsp3) is 0.500. The molecule has 1 aromatic rings. The summed E-state index contributed by atoms with van der Waals surface area (Å²) in [6.45, 7) is 3.92. The van der Waals surface area contributed by atoms with Crippen LogP contribution in [0.25, 0.3) is 0 Å². The van der Waals surface area contributed by atoms with Gasteiger partial charge in [0.2, 0.25) is 0 Å². The van der Waals surface area contributed by atoms with Crippen LogP contribution >= 0.6 is 15.9 Å². The third-order valence-corrected chi connectivity index (χ3v) is 4.03. The van der Waals surface area contributed by atoms with E-state index in [4.69, 9.17) is 5.11 Å². The molecular weight excluding hydrogens is 308 g/mol. The van der Waals surface area contributed by atoms with Crippen molar-refractivity contribution in [1.29, 1.82) is 0 Å². The predicted molar refractivity (Wildman–Crippen MR) is 79.6 cm³/mol. The smallest absolute Gasteiger partial charge is 0.303 e. The summed E-state index contributed by atoms with van der Waals surface area (Å²) in [6, 6.07) is 8.75. The van der Waals surface area contributed by atoms with Gasteiger partial charge in [-0.25, -0.2) is 0 Å². The van der Waals surface area contributed by atoms with E-state index in [0.717, 1.165) is 17.6 Å². The molecule has 104 valence electrons. The Balaban J connectivity index is 2.05. The van der Waals surface area contributed by atoms with Crippen molar-refractivity contribution in [1.82, 2.24) is 5.32 Å². The molecule has 1 aliphatic heterocycles. The molecule has 5 heteroatoms. The molecule has 0 bridgehead atoms. The van der Waals surface area contributed by atoms with E-state index in [1.165, 1.54) is 5.69 Å². The van der Waals surface area contributed by atoms with Crippen molar-refractivity contribution in [3.63, 3.8) is 0 Å². The average molecular weight is 327 g/mol. The quantitative estimate of drug-likeness (QED) is 0.892. The lowest BCUT2D eigenvalue weighted by molar-refractivity contribution is -0.137. The molecule has 2 N–H and O–H groups in total. The maximum atomic E-state index is 10.7. The van der Waals surface area contributed by atoms with Crippen LogP contribution in [-0.4, -0.2) is 36.2 Å². The average Bonchev–Trinajstić information content (AvgIpc) is 2.36. The van der Waals surface area contributed by atoms with Gasteiger partial charge in [0, 0.05) is 36.1 Å². The van der Waals surface area contributed by atoms with Gasteiger partial charge in [0.25, 0.3) is 0 Å². The number of nitrogens with one attached hydrogen (secondary N) is 1. The lowest BCUT2D eigenvalue weighted by atomic mass is 10.0. The zero-order chi connectivity index (χ0) is 13.8.